The number of hydrogen-bond acceptors (Lipinski definition) is 3. The van der Waals surface area contributed by atoms with Gasteiger partial charge >= 0.3 is 6.18 Å². The molecule has 0 amide bonds. The fourth-order valence-electron chi connectivity index (χ4n) is 2.29. The van der Waals surface area contributed by atoms with E-state index in [9.17, 15) is 21.6 Å². The molecule has 0 unspecified atom stereocenters. The first kappa shape index (κ1) is 16.8. The summed E-state index contributed by atoms with van der Waals surface area (Å²) in [4.78, 5) is 1.10. The van der Waals surface area contributed by atoms with Crippen LogP contribution in [0.4, 0.5) is 18.9 Å². The lowest BCUT2D eigenvalue weighted by Crippen LogP contribution is -2.27. The van der Waals surface area contributed by atoms with E-state index in [2.05, 4.69) is 4.40 Å². The molecule has 1 heterocycles. The van der Waals surface area contributed by atoms with Crippen molar-refractivity contribution in [1.82, 2.24) is 0 Å². The van der Waals surface area contributed by atoms with Crippen molar-refractivity contribution in [3.8, 4) is 0 Å². The Labute approximate surface area is 141 Å². The largest absolute Gasteiger partial charge is 0.416 e. The van der Waals surface area contributed by atoms with E-state index in [-0.39, 0.29) is 17.1 Å². The highest BCUT2D eigenvalue weighted by atomic mass is 35.5. The number of alkyl halides is 3. The molecule has 0 spiro atoms. The Bertz CT molecular complexity index is 909. The third-order valence-electron chi connectivity index (χ3n) is 3.47. The van der Waals surface area contributed by atoms with E-state index < -0.39 is 21.8 Å². The average Bonchev–Trinajstić information content (AvgIpc) is 2.51. The molecular weight excluding hydrogens is 365 g/mol. The third-order valence-corrected chi connectivity index (χ3v) is 4.99. The van der Waals surface area contributed by atoms with Crippen LogP contribution in [0, 0.1) is 0 Å². The van der Waals surface area contributed by atoms with E-state index in [0.29, 0.717) is 5.02 Å². The summed E-state index contributed by atoms with van der Waals surface area (Å²) < 4.78 is 66.2. The lowest BCUT2D eigenvalue weighted by Gasteiger charge is -2.26. The second-order valence-electron chi connectivity index (χ2n) is 5.13. The summed E-state index contributed by atoms with van der Waals surface area (Å²) >= 11 is 5.80. The first-order valence-electron chi connectivity index (χ1n) is 6.70. The maximum Gasteiger partial charge on any atom is 0.416 e. The smallest absolute Gasteiger partial charge is 0.326 e. The summed E-state index contributed by atoms with van der Waals surface area (Å²) in [6.07, 6.45) is -3.55. The van der Waals surface area contributed by atoms with E-state index in [0.717, 1.165) is 30.1 Å². The summed E-state index contributed by atoms with van der Waals surface area (Å²) in [7, 11) is -4.00. The number of nitrogens with zero attached hydrogens (tertiary/aromatic N) is 2. The first-order chi connectivity index (χ1) is 11.2. The molecule has 0 bridgehead atoms. The molecule has 0 aliphatic carbocycles. The lowest BCUT2D eigenvalue weighted by atomic mass is 10.1. The van der Waals surface area contributed by atoms with Gasteiger partial charge in [-0.3, -0.25) is 0 Å². The second-order valence-corrected chi connectivity index (χ2v) is 7.17. The van der Waals surface area contributed by atoms with Crippen LogP contribution in [-0.2, 0) is 22.7 Å². The fourth-order valence-corrected chi connectivity index (χ4v) is 3.44. The van der Waals surface area contributed by atoms with Crippen LogP contribution in [0.3, 0.4) is 0 Å². The van der Waals surface area contributed by atoms with E-state index in [1.807, 2.05) is 0 Å². The zero-order valence-electron chi connectivity index (χ0n) is 12.0. The van der Waals surface area contributed by atoms with E-state index in [1.165, 1.54) is 4.90 Å². The second kappa shape index (κ2) is 5.78. The molecule has 0 fully saturated rings. The Morgan fingerprint density at radius 3 is 2.38 bits per heavy atom. The average molecular weight is 375 g/mol. The Balaban J connectivity index is 2.05. The van der Waals surface area contributed by atoms with Crippen LogP contribution in [0.15, 0.2) is 51.8 Å². The van der Waals surface area contributed by atoms with Gasteiger partial charge in [0.1, 0.15) is 11.2 Å². The molecule has 1 aliphatic rings. The van der Waals surface area contributed by atoms with Gasteiger partial charge in [-0.25, -0.2) is 0 Å². The summed E-state index contributed by atoms with van der Waals surface area (Å²) in [5, 5.41) is 0.522. The molecule has 2 aromatic rings. The van der Waals surface area contributed by atoms with Crippen molar-refractivity contribution in [2.75, 3.05) is 4.90 Å². The van der Waals surface area contributed by atoms with Crippen LogP contribution in [0.1, 0.15) is 11.1 Å². The van der Waals surface area contributed by atoms with Crippen molar-refractivity contribution in [3.63, 3.8) is 0 Å². The highest BCUT2D eigenvalue weighted by molar-refractivity contribution is 7.90. The van der Waals surface area contributed by atoms with Crippen LogP contribution in [-0.4, -0.2) is 14.8 Å². The SMILES string of the molecule is O=S1(=O)N=CN(Cc2ccc(Cl)cc2)c2cc(C(F)(F)F)ccc21. The molecule has 126 valence electrons. The monoisotopic (exact) mass is 374 g/mol. The predicted octanol–water partition coefficient (Wildman–Crippen LogP) is 4.10. The van der Waals surface area contributed by atoms with Crippen LogP contribution in [0.25, 0.3) is 0 Å². The number of sulfonamides is 1. The minimum atomic E-state index is -4.57. The van der Waals surface area contributed by atoms with Gasteiger partial charge in [0, 0.05) is 11.6 Å². The standard InChI is InChI=1S/C15H10ClF3N2O2S/c16-12-4-1-10(2-5-12)8-21-9-20-24(22,23)14-6-3-11(7-13(14)21)15(17,18)19/h1-7,9H,8H2. The number of hydrogen-bond donors (Lipinski definition) is 0. The summed E-state index contributed by atoms with van der Waals surface area (Å²) in [5.41, 5.74) is -0.240. The van der Waals surface area contributed by atoms with Gasteiger partial charge in [0.25, 0.3) is 10.0 Å². The van der Waals surface area contributed by atoms with Gasteiger partial charge in [0.15, 0.2) is 0 Å². The predicted molar refractivity (Wildman–Crippen MR) is 84.8 cm³/mol. The first-order valence-corrected chi connectivity index (χ1v) is 8.51. The molecule has 0 saturated carbocycles. The van der Waals surface area contributed by atoms with Gasteiger partial charge in [-0.15, -0.1) is 4.40 Å². The van der Waals surface area contributed by atoms with Crippen molar-refractivity contribution < 1.29 is 21.6 Å². The van der Waals surface area contributed by atoms with E-state index in [4.69, 9.17) is 11.6 Å². The number of halogens is 4. The Hall–Kier alpha value is -2.06. The summed E-state index contributed by atoms with van der Waals surface area (Å²) in [6.45, 7) is 0.157. The minimum absolute atomic E-state index is 0.0604. The quantitative estimate of drug-likeness (QED) is 0.795. The van der Waals surface area contributed by atoms with Gasteiger partial charge in [0.2, 0.25) is 0 Å². The Kier molecular flexibility index (Phi) is 4.05. The minimum Gasteiger partial charge on any atom is -0.326 e. The van der Waals surface area contributed by atoms with Gasteiger partial charge in [-0.1, -0.05) is 23.7 Å². The summed E-state index contributed by atoms with van der Waals surface area (Å²) in [5.74, 6) is 0. The molecule has 3 rings (SSSR count). The lowest BCUT2D eigenvalue weighted by molar-refractivity contribution is -0.137. The maximum atomic E-state index is 12.9. The Morgan fingerprint density at radius 1 is 1.08 bits per heavy atom. The topological polar surface area (TPSA) is 49.7 Å². The number of benzene rings is 2. The van der Waals surface area contributed by atoms with Crippen molar-refractivity contribution in [2.24, 2.45) is 4.40 Å². The van der Waals surface area contributed by atoms with Crippen LogP contribution in [0.2, 0.25) is 5.02 Å². The van der Waals surface area contributed by atoms with Crippen molar-refractivity contribution in [2.45, 2.75) is 17.6 Å². The van der Waals surface area contributed by atoms with Gasteiger partial charge in [0.05, 0.1) is 11.3 Å². The molecule has 0 atom stereocenters. The molecule has 2 aromatic carbocycles. The molecule has 0 saturated heterocycles. The van der Waals surface area contributed by atoms with Crippen LogP contribution in [0.5, 0.6) is 0 Å². The Morgan fingerprint density at radius 2 is 1.75 bits per heavy atom. The number of anilines is 1. The normalized spacial score (nSPS) is 16.1. The zero-order valence-corrected chi connectivity index (χ0v) is 13.5. The van der Waals surface area contributed by atoms with Gasteiger partial charge < -0.3 is 4.90 Å². The molecule has 24 heavy (non-hydrogen) atoms. The zero-order chi connectivity index (χ0) is 17.5. The van der Waals surface area contributed by atoms with Crippen LogP contribution >= 0.6 is 11.6 Å². The molecule has 0 N–H and O–H groups in total. The third kappa shape index (κ3) is 3.25. The van der Waals surface area contributed by atoms with Crippen molar-refractivity contribution in [3.05, 3.63) is 58.6 Å². The van der Waals surface area contributed by atoms with Crippen molar-refractivity contribution >= 4 is 33.7 Å². The van der Waals surface area contributed by atoms with E-state index >= 15 is 0 Å². The maximum absolute atomic E-state index is 12.9. The van der Waals surface area contributed by atoms with Crippen LogP contribution < -0.4 is 4.90 Å². The number of rotatable bonds is 2. The molecule has 4 nitrogen and oxygen atoms in total. The fraction of sp³-hybridized carbons (Fsp3) is 0.133. The summed E-state index contributed by atoms with van der Waals surface area (Å²) in [6, 6.07) is 9.16. The highest BCUT2D eigenvalue weighted by Crippen LogP contribution is 2.37. The molecule has 0 radical (unpaired) electrons. The molecule has 9 heteroatoms. The molecular formula is C15H10ClF3N2O2S. The molecule has 1 aliphatic heterocycles. The number of fused-ring (bicyclic) bond motifs is 1. The molecule has 0 aromatic heterocycles. The van der Waals surface area contributed by atoms with E-state index in [1.54, 1.807) is 24.3 Å². The van der Waals surface area contributed by atoms with Gasteiger partial charge in [-0.2, -0.15) is 21.6 Å². The van der Waals surface area contributed by atoms with Gasteiger partial charge in [-0.05, 0) is 35.9 Å². The highest BCUT2D eigenvalue weighted by Gasteiger charge is 2.34. The van der Waals surface area contributed by atoms with Crippen molar-refractivity contribution in [1.29, 1.82) is 0 Å².